The van der Waals surface area contributed by atoms with Crippen LogP contribution in [0.2, 0.25) is 0 Å². The van der Waals surface area contributed by atoms with Gasteiger partial charge in [0.25, 0.3) is 10.0 Å². The summed E-state index contributed by atoms with van der Waals surface area (Å²) in [6, 6.07) is 5.63. The molecule has 1 fully saturated rings. The van der Waals surface area contributed by atoms with Crippen molar-refractivity contribution in [3.63, 3.8) is 0 Å². The maximum Gasteiger partial charge on any atom is 0.270 e. The molecule has 1 aliphatic rings. The average Bonchev–Trinajstić information content (AvgIpc) is 2.84. The summed E-state index contributed by atoms with van der Waals surface area (Å²) in [6.45, 7) is 6.68. The molecule has 3 rings (SSSR count). The van der Waals surface area contributed by atoms with Crippen molar-refractivity contribution in [3.8, 4) is 0 Å². The van der Waals surface area contributed by atoms with Crippen molar-refractivity contribution in [2.24, 2.45) is 0 Å². The largest absolute Gasteiger partial charge is 0.360 e. The molecule has 8 heteroatoms. The molecule has 0 radical (unpaired) electrons. The molecule has 7 nitrogen and oxygen atoms in total. The van der Waals surface area contributed by atoms with E-state index in [0.717, 1.165) is 36.8 Å². The van der Waals surface area contributed by atoms with E-state index in [9.17, 15) is 13.2 Å². The SMILES string of the molecule is Cc1cc(C)cc(N(CC(=O)NC2CCCCCC2)S(=O)(=O)c2c(C)noc2C)c1. The zero-order valence-corrected chi connectivity index (χ0v) is 19.0. The Labute approximate surface area is 178 Å². The lowest BCUT2D eigenvalue weighted by molar-refractivity contribution is -0.120. The van der Waals surface area contributed by atoms with Crippen molar-refractivity contribution < 1.29 is 17.7 Å². The molecule has 1 aromatic carbocycles. The average molecular weight is 434 g/mol. The number of benzene rings is 1. The number of hydrogen-bond acceptors (Lipinski definition) is 5. The van der Waals surface area contributed by atoms with Gasteiger partial charge >= 0.3 is 0 Å². The third-order valence-electron chi connectivity index (χ3n) is 5.52. The second-order valence-electron chi connectivity index (χ2n) is 8.27. The lowest BCUT2D eigenvalue weighted by atomic mass is 10.1. The minimum absolute atomic E-state index is 0.0175. The topological polar surface area (TPSA) is 92.5 Å². The molecule has 0 spiro atoms. The number of amides is 1. The molecule has 0 unspecified atom stereocenters. The van der Waals surface area contributed by atoms with Crippen molar-refractivity contribution in [2.75, 3.05) is 10.8 Å². The summed E-state index contributed by atoms with van der Waals surface area (Å²) >= 11 is 0. The van der Waals surface area contributed by atoms with Crippen LogP contribution in [-0.2, 0) is 14.8 Å². The summed E-state index contributed by atoms with van der Waals surface area (Å²) in [5.74, 6) is -0.0811. The highest BCUT2D eigenvalue weighted by molar-refractivity contribution is 7.93. The van der Waals surface area contributed by atoms with Gasteiger partial charge in [-0.1, -0.05) is 36.9 Å². The molecular formula is C22H31N3O4S. The Morgan fingerprint density at radius 3 is 2.20 bits per heavy atom. The van der Waals surface area contributed by atoms with E-state index in [-0.39, 0.29) is 34.8 Å². The quantitative estimate of drug-likeness (QED) is 0.697. The number of anilines is 1. The van der Waals surface area contributed by atoms with Gasteiger partial charge in [0.05, 0.1) is 5.69 Å². The van der Waals surface area contributed by atoms with Gasteiger partial charge in [0, 0.05) is 6.04 Å². The van der Waals surface area contributed by atoms with E-state index in [1.165, 1.54) is 17.1 Å². The summed E-state index contributed by atoms with van der Waals surface area (Å²) in [5, 5.41) is 6.85. The fraction of sp³-hybridized carbons (Fsp3) is 0.545. The van der Waals surface area contributed by atoms with Crippen molar-refractivity contribution in [2.45, 2.75) is 77.2 Å². The molecule has 0 aliphatic heterocycles. The standard InChI is InChI=1S/C22H31N3O4S/c1-15-11-16(2)13-20(12-15)25(30(27,28)22-17(3)24-29-18(22)4)14-21(26)23-19-9-7-5-6-8-10-19/h11-13,19H,5-10,14H2,1-4H3,(H,23,26). The first-order valence-electron chi connectivity index (χ1n) is 10.5. The van der Waals surface area contributed by atoms with Crippen molar-refractivity contribution in [1.82, 2.24) is 10.5 Å². The van der Waals surface area contributed by atoms with Gasteiger partial charge in [0.2, 0.25) is 5.91 Å². The molecule has 30 heavy (non-hydrogen) atoms. The summed E-state index contributed by atoms with van der Waals surface area (Å²) in [6.07, 6.45) is 6.41. The third-order valence-corrected chi connectivity index (χ3v) is 7.54. The minimum Gasteiger partial charge on any atom is -0.360 e. The van der Waals surface area contributed by atoms with Crippen LogP contribution in [0.25, 0.3) is 0 Å². The van der Waals surface area contributed by atoms with E-state index in [1.54, 1.807) is 26.0 Å². The molecular weight excluding hydrogens is 402 g/mol. The first kappa shape index (κ1) is 22.3. The van der Waals surface area contributed by atoms with Gasteiger partial charge in [-0.2, -0.15) is 0 Å². The molecule has 1 aromatic heterocycles. The lowest BCUT2D eigenvalue weighted by Crippen LogP contribution is -2.44. The summed E-state index contributed by atoms with van der Waals surface area (Å²) < 4.78 is 33.4. The zero-order valence-electron chi connectivity index (χ0n) is 18.2. The van der Waals surface area contributed by atoms with Gasteiger partial charge in [0.1, 0.15) is 12.2 Å². The maximum atomic E-state index is 13.6. The van der Waals surface area contributed by atoms with Gasteiger partial charge in [-0.05, 0) is 63.8 Å². The van der Waals surface area contributed by atoms with E-state index >= 15 is 0 Å². The summed E-state index contributed by atoms with van der Waals surface area (Å²) in [4.78, 5) is 12.9. The molecule has 1 saturated carbocycles. The Morgan fingerprint density at radius 2 is 1.67 bits per heavy atom. The van der Waals surface area contributed by atoms with Crippen LogP contribution in [0.15, 0.2) is 27.6 Å². The number of carbonyl (C=O) groups excluding carboxylic acids is 1. The molecule has 0 saturated heterocycles. The summed E-state index contributed by atoms with van der Waals surface area (Å²) in [5.41, 5.74) is 2.59. The monoisotopic (exact) mass is 433 g/mol. The van der Waals surface area contributed by atoms with Crippen LogP contribution in [-0.4, -0.2) is 32.1 Å². The Hall–Kier alpha value is -2.35. The first-order chi connectivity index (χ1) is 14.2. The predicted octanol–water partition coefficient (Wildman–Crippen LogP) is 3.94. The highest BCUT2D eigenvalue weighted by Gasteiger charge is 2.33. The molecule has 1 N–H and O–H groups in total. The Balaban J connectivity index is 1.94. The number of carbonyl (C=O) groups is 1. The highest BCUT2D eigenvalue weighted by atomic mass is 32.2. The fourth-order valence-electron chi connectivity index (χ4n) is 4.19. The van der Waals surface area contributed by atoms with Crippen LogP contribution in [0.1, 0.15) is 61.1 Å². The lowest BCUT2D eigenvalue weighted by Gasteiger charge is -2.26. The summed E-state index contributed by atoms with van der Waals surface area (Å²) in [7, 11) is -4.03. The number of aromatic nitrogens is 1. The second kappa shape index (κ2) is 9.20. The van der Waals surface area contributed by atoms with E-state index in [0.29, 0.717) is 5.69 Å². The van der Waals surface area contributed by atoms with Crippen molar-refractivity contribution in [3.05, 3.63) is 40.8 Å². The fourth-order valence-corrected chi connectivity index (χ4v) is 5.89. The second-order valence-corrected chi connectivity index (χ2v) is 10.1. The molecule has 2 aromatic rings. The van der Waals surface area contributed by atoms with Crippen LogP contribution in [0.5, 0.6) is 0 Å². The number of sulfonamides is 1. The predicted molar refractivity (Wildman–Crippen MR) is 116 cm³/mol. The minimum atomic E-state index is -4.03. The van der Waals surface area contributed by atoms with Gasteiger partial charge < -0.3 is 9.84 Å². The number of nitrogens with zero attached hydrogens (tertiary/aromatic N) is 2. The maximum absolute atomic E-state index is 13.6. The van der Waals surface area contributed by atoms with Gasteiger partial charge in [0.15, 0.2) is 10.7 Å². The van der Waals surface area contributed by atoms with Crippen molar-refractivity contribution >= 4 is 21.6 Å². The van der Waals surface area contributed by atoms with Gasteiger partial charge in [-0.25, -0.2) is 8.42 Å². The van der Waals surface area contributed by atoms with Crippen LogP contribution < -0.4 is 9.62 Å². The normalized spacial score (nSPS) is 15.6. The van der Waals surface area contributed by atoms with Gasteiger partial charge in [-0.15, -0.1) is 0 Å². The molecule has 0 bridgehead atoms. The molecule has 1 heterocycles. The Morgan fingerprint density at radius 1 is 1.07 bits per heavy atom. The molecule has 1 amide bonds. The third kappa shape index (κ3) is 5.03. The number of hydrogen-bond donors (Lipinski definition) is 1. The number of nitrogens with one attached hydrogen (secondary N) is 1. The smallest absolute Gasteiger partial charge is 0.270 e. The van der Waals surface area contributed by atoms with Gasteiger partial charge in [-0.3, -0.25) is 9.10 Å². The highest BCUT2D eigenvalue weighted by Crippen LogP contribution is 2.29. The molecule has 1 aliphatic carbocycles. The Bertz CT molecular complexity index is 966. The number of aryl methyl sites for hydroxylation is 4. The van der Waals surface area contributed by atoms with Crippen molar-refractivity contribution in [1.29, 1.82) is 0 Å². The first-order valence-corrected chi connectivity index (χ1v) is 12.0. The van der Waals surface area contributed by atoms with Crippen LogP contribution in [0, 0.1) is 27.7 Å². The van der Waals surface area contributed by atoms with Crippen LogP contribution in [0.4, 0.5) is 5.69 Å². The number of rotatable bonds is 6. The Kier molecular flexibility index (Phi) is 6.85. The van der Waals surface area contributed by atoms with Crippen LogP contribution in [0.3, 0.4) is 0 Å². The zero-order chi connectivity index (χ0) is 21.9. The molecule has 0 atom stereocenters. The van der Waals surface area contributed by atoms with E-state index in [4.69, 9.17) is 4.52 Å². The van der Waals surface area contributed by atoms with Crippen LogP contribution >= 0.6 is 0 Å². The van der Waals surface area contributed by atoms with E-state index < -0.39 is 10.0 Å². The van der Waals surface area contributed by atoms with E-state index in [1.807, 2.05) is 19.9 Å². The van der Waals surface area contributed by atoms with E-state index in [2.05, 4.69) is 10.5 Å². The molecule has 164 valence electrons.